The van der Waals surface area contributed by atoms with Crippen LogP contribution in [-0.2, 0) is 4.79 Å². The van der Waals surface area contributed by atoms with Crippen molar-refractivity contribution in [3.63, 3.8) is 0 Å². The van der Waals surface area contributed by atoms with Gasteiger partial charge in [0, 0.05) is 29.0 Å². The van der Waals surface area contributed by atoms with Crippen LogP contribution in [0.2, 0.25) is 0 Å². The molecule has 20 heavy (non-hydrogen) atoms. The van der Waals surface area contributed by atoms with Crippen molar-refractivity contribution in [1.82, 2.24) is 0 Å². The number of carbonyl (C=O) groups excluding carboxylic acids is 1. The number of ether oxygens (including phenoxy) is 1. The molecular weight excluding hydrogens is 256 g/mol. The number of hydrogen-bond acceptors (Lipinski definition) is 4. The summed E-state index contributed by atoms with van der Waals surface area (Å²) in [6.07, 6.45) is 0. The second kappa shape index (κ2) is 5.74. The number of hydrogen-bond donors (Lipinski definition) is 0. The number of ketones is 1. The van der Waals surface area contributed by atoms with Gasteiger partial charge in [-0.2, -0.15) is 0 Å². The van der Waals surface area contributed by atoms with Crippen molar-refractivity contribution in [3.8, 4) is 5.75 Å². The monoisotopic (exact) mass is 272 g/mol. The van der Waals surface area contributed by atoms with E-state index in [2.05, 4.69) is 6.58 Å². The smallest absolute Gasteiger partial charge is 0.336 e. The Morgan fingerprint density at radius 3 is 2.70 bits per heavy atom. The number of benzene rings is 1. The van der Waals surface area contributed by atoms with E-state index in [9.17, 15) is 9.59 Å². The Kier molecular flexibility index (Phi) is 4.03. The standard InChI is InChI=1S/C16H16O4/c1-10(2)16(18)11(3)9-19-13-6-4-12-5-7-15(17)20-14(12)8-13/h4-8,10H,3,9H2,1-2H3. The third kappa shape index (κ3) is 3.15. The third-order valence-corrected chi connectivity index (χ3v) is 2.88. The Morgan fingerprint density at radius 1 is 1.30 bits per heavy atom. The van der Waals surface area contributed by atoms with Gasteiger partial charge in [0.25, 0.3) is 0 Å². The molecule has 0 radical (unpaired) electrons. The summed E-state index contributed by atoms with van der Waals surface area (Å²) in [7, 11) is 0. The molecule has 0 unspecified atom stereocenters. The second-order valence-corrected chi connectivity index (χ2v) is 4.87. The highest BCUT2D eigenvalue weighted by atomic mass is 16.5. The molecule has 0 saturated carbocycles. The Morgan fingerprint density at radius 2 is 2.00 bits per heavy atom. The topological polar surface area (TPSA) is 56.5 Å². The Labute approximate surface area is 116 Å². The average molecular weight is 272 g/mol. The molecule has 1 aromatic heterocycles. The zero-order valence-electron chi connectivity index (χ0n) is 11.5. The molecule has 0 N–H and O–H groups in total. The molecule has 0 spiro atoms. The molecule has 1 aromatic carbocycles. The van der Waals surface area contributed by atoms with Gasteiger partial charge in [-0.25, -0.2) is 4.79 Å². The van der Waals surface area contributed by atoms with Crippen molar-refractivity contribution in [2.24, 2.45) is 5.92 Å². The van der Waals surface area contributed by atoms with Crippen molar-refractivity contribution in [1.29, 1.82) is 0 Å². The van der Waals surface area contributed by atoms with E-state index in [0.29, 0.717) is 16.9 Å². The summed E-state index contributed by atoms with van der Waals surface area (Å²) >= 11 is 0. The molecule has 0 fully saturated rings. The van der Waals surface area contributed by atoms with E-state index in [-0.39, 0.29) is 18.3 Å². The molecule has 0 aliphatic heterocycles. The van der Waals surface area contributed by atoms with Crippen LogP contribution in [0.1, 0.15) is 13.8 Å². The Bertz CT molecular complexity index is 710. The average Bonchev–Trinajstić information content (AvgIpc) is 2.43. The van der Waals surface area contributed by atoms with Crippen LogP contribution in [0.4, 0.5) is 0 Å². The normalized spacial score (nSPS) is 10.8. The van der Waals surface area contributed by atoms with Crippen LogP contribution in [0.5, 0.6) is 5.75 Å². The molecule has 1 heterocycles. The first-order valence-electron chi connectivity index (χ1n) is 6.36. The predicted octanol–water partition coefficient (Wildman–Crippen LogP) is 2.95. The summed E-state index contributed by atoms with van der Waals surface area (Å²) in [6, 6.07) is 8.23. The first kappa shape index (κ1) is 14.1. The fourth-order valence-corrected chi connectivity index (χ4v) is 1.78. The maximum absolute atomic E-state index is 11.7. The summed E-state index contributed by atoms with van der Waals surface area (Å²) in [4.78, 5) is 22.8. The van der Waals surface area contributed by atoms with Crippen molar-refractivity contribution < 1.29 is 13.9 Å². The number of Topliss-reactive ketones (excluding diaryl/α,β-unsaturated/α-hetero) is 1. The fourth-order valence-electron chi connectivity index (χ4n) is 1.78. The summed E-state index contributed by atoms with van der Waals surface area (Å²) in [5.41, 5.74) is 0.472. The van der Waals surface area contributed by atoms with Crippen LogP contribution < -0.4 is 10.4 Å². The maximum atomic E-state index is 11.7. The van der Waals surface area contributed by atoms with Crippen LogP contribution in [0, 0.1) is 5.92 Å². The van der Waals surface area contributed by atoms with Crippen LogP contribution in [0.15, 0.2) is 51.7 Å². The first-order chi connectivity index (χ1) is 9.47. The molecular formula is C16H16O4. The zero-order chi connectivity index (χ0) is 14.7. The molecule has 4 nitrogen and oxygen atoms in total. The lowest BCUT2D eigenvalue weighted by atomic mass is 10.0. The van der Waals surface area contributed by atoms with Crippen molar-refractivity contribution in [2.45, 2.75) is 13.8 Å². The zero-order valence-corrected chi connectivity index (χ0v) is 11.5. The number of fused-ring (bicyclic) bond motifs is 1. The first-order valence-corrected chi connectivity index (χ1v) is 6.36. The van der Waals surface area contributed by atoms with Crippen molar-refractivity contribution in [2.75, 3.05) is 6.61 Å². The van der Waals surface area contributed by atoms with E-state index in [1.165, 1.54) is 6.07 Å². The van der Waals surface area contributed by atoms with Gasteiger partial charge >= 0.3 is 5.63 Å². The van der Waals surface area contributed by atoms with Gasteiger partial charge in [0.15, 0.2) is 5.78 Å². The van der Waals surface area contributed by atoms with E-state index < -0.39 is 5.63 Å². The van der Waals surface area contributed by atoms with Gasteiger partial charge in [-0.1, -0.05) is 20.4 Å². The van der Waals surface area contributed by atoms with E-state index >= 15 is 0 Å². The van der Waals surface area contributed by atoms with E-state index in [1.807, 2.05) is 13.8 Å². The molecule has 2 rings (SSSR count). The van der Waals surface area contributed by atoms with Gasteiger partial charge in [-0.15, -0.1) is 0 Å². The Hall–Kier alpha value is -2.36. The lowest BCUT2D eigenvalue weighted by molar-refractivity contribution is -0.118. The Balaban J connectivity index is 2.12. The lowest BCUT2D eigenvalue weighted by Gasteiger charge is -2.10. The minimum Gasteiger partial charge on any atom is -0.489 e. The minimum absolute atomic E-state index is 0.0164. The molecule has 104 valence electrons. The molecule has 0 amide bonds. The van der Waals surface area contributed by atoms with Crippen LogP contribution >= 0.6 is 0 Å². The van der Waals surface area contributed by atoms with Gasteiger partial charge in [-0.3, -0.25) is 4.79 Å². The summed E-state index contributed by atoms with van der Waals surface area (Å²) < 4.78 is 10.6. The molecule has 0 aliphatic carbocycles. The molecule has 0 aliphatic rings. The highest BCUT2D eigenvalue weighted by Gasteiger charge is 2.12. The number of rotatable bonds is 5. The van der Waals surface area contributed by atoms with Crippen molar-refractivity contribution >= 4 is 16.8 Å². The van der Waals surface area contributed by atoms with Gasteiger partial charge in [0.2, 0.25) is 0 Å². The van der Waals surface area contributed by atoms with Crippen molar-refractivity contribution in [3.05, 3.63) is 52.9 Å². The van der Waals surface area contributed by atoms with Gasteiger partial charge in [0.05, 0.1) is 0 Å². The quantitative estimate of drug-likeness (QED) is 0.620. The van der Waals surface area contributed by atoms with E-state index in [1.54, 1.807) is 24.3 Å². The number of carbonyl (C=O) groups is 1. The molecule has 0 saturated heterocycles. The van der Waals surface area contributed by atoms with Crippen LogP contribution in [0.25, 0.3) is 11.0 Å². The molecule has 0 atom stereocenters. The molecule has 4 heteroatoms. The molecule has 0 bridgehead atoms. The van der Waals surface area contributed by atoms with Crippen LogP contribution in [0.3, 0.4) is 0 Å². The van der Waals surface area contributed by atoms with Gasteiger partial charge in [0.1, 0.15) is 17.9 Å². The van der Waals surface area contributed by atoms with Crippen LogP contribution in [-0.4, -0.2) is 12.4 Å². The van der Waals surface area contributed by atoms with Gasteiger partial charge < -0.3 is 9.15 Å². The molecule has 2 aromatic rings. The SMILES string of the molecule is C=C(COc1ccc2ccc(=O)oc2c1)C(=O)C(C)C. The highest BCUT2D eigenvalue weighted by Crippen LogP contribution is 2.20. The minimum atomic E-state index is -0.408. The van der Waals surface area contributed by atoms with Gasteiger partial charge in [-0.05, 0) is 18.2 Å². The summed E-state index contributed by atoms with van der Waals surface area (Å²) in [6.45, 7) is 7.48. The fraction of sp³-hybridized carbons (Fsp3) is 0.250. The lowest BCUT2D eigenvalue weighted by Crippen LogP contribution is -2.15. The van der Waals surface area contributed by atoms with E-state index in [0.717, 1.165) is 5.39 Å². The van der Waals surface area contributed by atoms with E-state index in [4.69, 9.17) is 9.15 Å². The summed E-state index contributed by atoms with van der Waals surface area (Å²) in [5.74, 6) is 0.419. The third-order valence-electron chi connectivity index (χ3n) is 2.88. The highest BCUT2D eigenvalue weighted by molar-refractivity contribution is 5.96. The maximum Gasteiger partial charge on any atom is 0.336 e. The second-order valence-electron chi connectivity index (χ2n) is 4.87. The predicted molar refractivity (Wildman–Crippen MR) is 77.0 cm³/mol. The largest absolute Gasteiger partial charge is 0.489 e. The summed E-state index contributed by atoms with van der Waals surface area (Å²) in [5, 5.41) is 0.814.